The van der Waals surface area contributed by atoms with E-state index in [4.69, 9.17) is 4.74 Å². The monoisotopic (exact) mass is 229 g/mol. The Bertz CT molecular complexity index is 566. The molecule has 0 aliphatic heterocycles. The number of carbonyl (C=O) groups is 1. The quantitative estimate of drug-likeness (QED) is 0.649. The minimum absolute atomic E-state index is 0.296. The molecule has 1 heterocycles. The number of fused-ring (bicyclic) bond motifs is 1. The van der Waals surface area contributed by atoms with Crippen molar-refractivity contribution in [2.45, 2.75) is 13.8 Å². The standard InChI is InChI=1S/C14H15NO2/c1-3-17-14(16)8-10(2)12-9-15-13-7-5-4-6-11(12)13/h4-9,15H,3H2,1-2H3/b10-8+. The fourth-order valence-electron chi connectivity index (χ4n) is 1.84. The maximum Gasteiger partial charge on any atom is 0.331 e. The van der Waals surface area contributed by atoms with Crippen LogP contribution in [0.5, 0.6) is 0 Å². The largest absolute Gasteiger partial charge is 0.463 e. The fourth-order valence-corrected chi connectivity index (χ4v) is 1.84. The van der Waals surface area contributed by atoms with Gasteiger partial charge in [-0.3, -0.25) is 0 Å². The fraction of sp³-hybridized carbons (Fsp3) is 0.214. The summed E-state index contributed by atoms with van der Waals surface area (Å²) in [4.78, 5) is 14.6. The van der Waals surface area contributed by atoms with Crippen molar-refractivity contribution in [3.63, 3.8) is 0 Å². The third-order valence-electron chi connectivity index (χ3n) is 2.64. The van der Waals surface area contributed by atoms with Crippen molar-refractivity contribution in [1.29, 1.82) is 0 Å². The molecule has 0 saturated heterocycles. The van der Waals surface area contributed by atoms with Gasteiger partial charge < -0.3 is 9.72 Å². The van der Waals surface area contributed by atoms with Gasteiger partial charge in [0.2, 0.25) is 0 Å². The van der Waals surface area contributed by atoms with Crippen LogP contribution in [0.1, 0.15) is 19.4 Å². The average molecular weight is 229 g/mol. The molecule has 1 aromatic carbocycles. The zero-order valence-corrected chi connectivity index (χ0v) is 9.99. The second-order valence-corrected chi connectivity index (χ2v) is 3.83. The molecule has 3 nitrogen and oxygen atoms in total. The number of para-hydroxylation sites is 1. The lowest BCUT2D eigenvalue weighted by Crippen LogP contribution is -2.00. The van der Waals surface area contributed by atoms with Crippen molar-refractivity contribution in [1.82, 2.24) is 4.98 Å². The molecule has 17 heavy (non-hydrogen) atoms. The predicted molar refractivity (Wildman–Crippen MR) is 68.6 cm³/mol. The number of esters is 1. The Balaban J connectivity index is 2.36. The lowest BCUT2D eigenvalue weighted by Gasteiger charge is -2.00. The van der Waals surface area contributed by atoms with Crippen LogP contribution in [0.4, 0.5) is 0 Å². The van der Waals surface area contributed by atoms with Crippen LogP contribution in [0.3, 0.4) is 0 Å². The van der Waals surface area contributed by atoms with E-state index in [0.717, 1.165) is 22.0 Å². The van der Waals surface area contributed by atoms with E-state index in [-0.39, 0.29) is 5.97 Å². The first-order chi connectivity index (χ1) is 8.22. The molecule has 3 heteroatoms. The highest BCUT2D eigenvalue weighted by Gasteiger charge is 2.06. The minimum atomic E-state index is -0.296. The molecule has 0 fully saturated rings. The molecular formula is C14H15NO2. The summed E-state index contributed by atoms with van der Waals surface area (Å²) >= 11 is 0. The second-order valence-electron chi connectivity index (χ2n) is 3.83. The topological polar surface area (TPSA) is 42.1 Å². The summed E-state index contributed by atoms with van der Waals surface area (Å²) in [6, 6.07) is 8.00. The highest BCUT2D eigenvalue weighted by Crippen LogP contribution is 2.24. The van der Waals surface area contributed by atoms with Crippen molar-refractivity contribution in [2.75, 3.05) is 6.61 Å². The van der Waals surface area contributed by atoms with E-state index in [0.29, 0.717) is 6.61 Å². The molecule has 2 aromatic rings. The lowest BCUT2D eigenvalue weighted by molar-refractivity contribution is -0.137. The van der Waals surface area contributed by atoms with Crippen LogP contribution in [0, 0.1) is 0 Å². The van der Waals surface area contributed by atoms with Crippen molar-refractivity contribution in [3.8, 4) is 0 Å². The molecule has 0 atom stereocenters. The van der Waals surface area contributed by atoms with Gasteiger partial charge in [0.1, 0.15) is 0 Å². The SMILES string of the molecule is CCOC(=O)/C=C(\C)c1c[nH]c2ccccc12. The maximum atomic E-state index is 11.4. The Hall–Kier alpha value is -2.03. The number of carbonyl (C=O) groups excluding carboxylic acids is 1. The Morgan fingerprint density at radius 1 is 1.41 bits per heavy atom. The molecular weight excluding hydrogens is 214 g/mol. The number of aromatic nitrogens is 1. The maximum absolute atomic E-state index is 11.4. The molecule has 0 bridgehead atoms. The van der Waals surface area contributed by atoms with Crippen molar-refractivity contribution >= 4 is 22.4 Å². The number of hydrogen-bond donors (Lipinski definition) is 1. The Morgan fingerprint density at radius 2 is 2.18 bits per heavy atom. The first-order valence-corrected chi connectivity index (χ1v) is 5.64. The van der Waals surface area contributed by atoms with Crippen LogP contribution in [-0.2, 0) is 9.53 Å². The summed E-state index contributed by atoms with van der Waals surface area (Å²) < 4.78 is 4.90. The number of allylic oxidation sites excluding steroid dienone is 1. The number of aromatic amines is 1. The minimum Gasteiger partial charge on any atom is -0.463 e. The van der Waals surface area contributed by atoms with Crippen molar-refractivity contribution in [2.24, 2.45) is 0 Å². The van der Waals surface area contributed by atoms with Crippen LogP contribution < -0.4 is 0 Å². The van der Waals surface area contributed by atoms with E-state index < -0.39 is 0 Å². The van der Waals surface area contributed by atoms with E-state index in [1.807, 2.05) is 37.4 Å². The number of rotatable bonds is 3. The molecule has 0 saturated carbocycles. The second kappa shape index (κ2) is 4.87. The molecule has 0 aliphatic rings. The lowest BCUT2D eigenvalue weighted by atomic mass is 10.1. The van der Waals surface area contributed by atoms with Gasteiger partial charge in [-0.05, 0) is 25.5 Å². The first-order valence-electron chi connectivity index (χ1n) is 5.64. The van der Waals surface area contributed by atoms with Gasteiger partial charge in [-0.1, -0.05) is 18.2 Å². The smallest absolute Gasteiger partial charge is 0.331 e. The van der Waals surface area contributed by atoms with Gasteiger partial charge in [-0.15, -0.1) is 0 Å². The molecule has 2 rings (SSSR count). The molecule has 0 aliphatic carbocycles. The Labute approximate surface area is 100 Å². The van der Waals surface area contributed by atoms with Gasteiger partial charge in [0.15, 0.2) is 0 Å². The Morgan fingerprint density at radius 3 is 2.94 bits per heavy atom. The molecule has 88 valence electrons. The van der Waals surface area contributed by atoms with Gasteiger partial charge in [0.05, 0.1) is 6.61 Å². The van der Waals surface area contributed by atoms with Crippen LogP contribution in [0.2, 0.25) is 0 Å². The van der Waals surface area contributed by atoms with Gasteiger partial charge in [0, 0.05) is 28.7 Å². The number of hydrogen-bond acceptors (Lipinski definition) is 2. The predicted octanol–water partition coefficient (Wildman–Crippen LogP) is 3.13. The highest BCUT2D eigenvalue weighted by molar-refractivity contribution is 5.98. The van der Waals surface area contributed by atoms with E-state index >= 15 is 0 Å². The molecule has 1 aromatic heterocycles. The number of ether oxygens (including phenoxy) is 1. The van der Waals surface area contributed by atoms with E-state index in [9.17, 15) is 4.79 Å². The van der Waals surface area contributed by atoms with Crippen LogP contribution in [-0.4, -0.2) is 17.6 Å². The zero-order valence-electron chi connectivity index (χ0n) is 9.99. The van der Waals surface area contributed by atoms with Gasteiger partial charge in [-0.25, -0.2) is 4.79 Å². The molecule has 1 N–H and O–H groups in total. The molecule has 0 radical (unpaired) electrons. The average Bonchev–Trinajstić information content (AvgIpc) is 2.72. The first kappa shape index (κ1) is 11.5. The zero-order chi connectivity index (χ0) is 12.3. The van der Waals surface area contributed by atoms with Crippen LogP contribution >= 0.6 is 0 Å². The normalized spacial score (nSPS) is 11.8. The van der Waals surface area contributed by atoms with Crippen LogP contribution in [0.25, 0.3) is 16.5 Å². The molecule has 0 unspecified atom stereocenters. The van der Waals surface area contributed by atoms with E-state index in [1.54, 1.807) is 6.92 Å². The van der Waals surface area contributed by atoms with E-state index in [1.165, 1.54) is 6.08 Å². The summed E-state index contributed by atoms with van der Waals surface area (Å²) in [5.74, 6) is -0.296. The highest BCUT2D eigenvalue weighted by atomic mass is 16.5. The Kier molecular flexibility index (Phi) is 3.28. The van der Waals surface area contributed by atoms with Crippen molar-refractivity contribution in [3.05, 3.63) is 42.1 Å². The summed E-state index contributed by atoms with van der Waals surface area (Å²) in [5, 5.41) is 1.12. The number of benzene rings is 1. The van der Waals surface area contributed by atoms with E-state index in [2.05, 4.69) is 4.98 Å². The van der Waals surface area contributed by atoms with Crippen LogP contribution in [0.15, 0.2) is 36.5 Å². The summed E-state index contributed by atoms with van der Waals surface area (Å²) in [5.41, 5.74) is 3.01. The molecule has 0 spiro atoms. The summed E-state index contributed by atoms with van der Waals surface area (Å²) in [6.45, 7) is 4.11. The summed E-state index contributed by atoms with van der Waals surface area (Å²) in [7, 11) is 0. The third-order valence-corrected chi connectivity index (χ3v) is 2.64. The van der Waals surface area contributed by atoms with Gasteiger partial charge in [-0.2, -0.15) is 0 Å². The molecule has 0 amide bonds. The third kappa shape index (κ3) is 2.38. The number of nitrogens with one attached hydrogen (secondary N) is 1. The summed E-state index contributed by atoms with van der Waals surface area (Å²) in [6.07, 6.45) is 3.44. The van der Waals surface area contributed by atoms with Gasteiger partial charge in [0.25, 0.3) is 0 Å². The number of H-pyrrole nitrogens is 1. The van der Waals surface area contributed by atoms with Gasteiger partial charge >= 0.3 is 5.97 Å². The van der Waals surface area contributed by atoms with Crippen molar-refractivity contribution < 1.29 is 9.53 Å².